The second-order valence-electron chi connectivity index (χ2n) is 15.6. The molecule has 0 fully saturated rings. The summed E-state index contributed by atoms with van der Waals surface area (Å²) in [5, 5.41) is 5.19. The van der Waals surface area contributed by atoms with E-state index in [1.165, 1.54) is 42.0 Å². The molecule has 12 rings (SSSR count). The molecule has 0 saturated carbocycles. The Morgan fingerprint density at radius 3 is 1.52 bits per heavy atom. The summed E-state index contributed by atoms with van der Waals surface area (Å²) in [5.74, 6) is 1.87. The number of hydrogen-bond donors (Lipinski definition) is 0. The van der Waals surface area contributed by atoms with Crippen molar-refractivity contribution < 1.29 is 0 Å². The van der Waals surface area contributed by atoms with Crippen LogP contribution in [0.25, 0.3) is 115 Å². The second kappa shape index (κ2) is 14.9. The lowest BCUT2D eigenvalue weighted by atomic mass is 9.96. The zero-order valence-corrected chi connectivity index (χ0v) is 34.3. The molecule has 0 amide bonds. The molecule has 0 radical (unpaired) electrons. The molecule has 0 bridgehead atoms. The fraction of sp³-hybridized carbons (Fsp3) is 0. The van der Waals surface area contributed by atoms with Gasteiger partial charge in [0.1, 0.15) is 0 Å². The average Bonchev–Trinajstić information content (AvgIpc) is 3.91. The van der Waals surface area contributed by atoms with E-state index < -0.39 is 0 Å². The molecule has 0 aliphatic carbocycles. The molecule has 0 spiro atoms. The summed E-state index contributed by atoms with van der Waals surface area (Å²) in [5.41, 5.74) is 12.9. The van der Waals surface area contributed by atoms with Crippen molar-refractivity contribution >= 4 is 53.3 Å². The van der Waals surface area contributed by atoms with Crippen LogP contribution in [-0.2, 0) is 0 Å². The summed E-state index contributed by atoms with van der Waals surface area (Å²) >= 11 is 1.88. The van der Waals surface area contributed by atoms with E-state index in [1.807, 2.05) is 41.7 Å². The maximum atomic E-state index is 5.25. The highest BCUT2D eigenvalue weighted by atomic mass is 32.1. The second-order valence-corrected chi connectivity index (χ2v) is 16.7. The number of rotatable bonds is 7. The van der Waals surface area contributed by atoms with Crippen molar-refractivity contribution in [2.24, 2.45) is 0 Å². The molecule has 62 heavy (non-hydrogen) atoms. The van der Waals surface area contributed by atoms with Crippen LogP contribution in [0.15, 0.2) is 218 Å². The van der Waals surface area contributed by atoms with Crippen molar-refractivity contribution in [3.63, 3.8) is 0 Å². The van der Waals surface area contributed by atoms with E-state index in [0.717, 1.165) is 55.8 Å². The van der Waals surface area contributed by atoms with Crippen LogP contribution in [0.1, 0.15) is 0 Å². The van der Waals surface area contributed by atoms with Crippen LogP contribution in [-0.4, -0.2) is 19.5 Å². The molecule has 9 aromatic carbocycles. The number of aromatic nitrogens is 4. The molecule has 0 N–H and O–H groups in total. The lowest BCUT2D eigenvalue weighted by molar-refractivity contribution is 1.07. The zero-order chi connectivity index (χ0) is 41.0. The van der Waals surface area contributed by atoms with Crippen LogP contribution < -0.4 is 0 Å². The van der Waals surface area contributed by atoms with Gasteiger partial charge in [-0.3, -0.25) is 0 Å². The Bertz CT molecular complexity index is 3570. The van der Waals surface area contributed by atoms with Crippen molar-refractivity contribution in [3.8, 4) is 73.2 Å². The molecular weight excluding hydrogens is 773 g/mol. The van der Waals surface area contributed by atoms with Crippen LogP contribution >= 0.6 is 11.3 Å². The molecule has 0 aliphatic heterocycles. The first-order valence-electron chi connectivity index (χ1n) is 20.8. The van der Waals surface area contributed by atoms with Crippen LogP contribution in [0.3, 0.4) is 0 Å². The van der Waals surface area contributed by atoms with Crippen molar-refractivity contribution in [2.75, 3.05) is 0 Å². The smallest absolute Gasteiger partial charge is 0.164 e. The first-order chi connectivity index (χ1) is 30.7. The Balaban J connectivity index is 0.994. The van der Waals surface area contributed by atoms with Gasteiger partial charge < -0.3 is 4.57 Å². The largest absolute Gasteiger partial charge is 0.309 e. The van der Waals surface area contributed by atoms with E-state index >= 15 is 0 Å². The van der Waals surface area contributed by atoms with E-state index in [1.54, 1.807) is 0 Å². The van der Waals surface area contributed by atoms with Gasteiger partial charge in [0.25, 0.3) is 0 Å². The zero-order valence-electron chi connectivity index (χ0n) is 33.5. The van der Waals surface area contributed by atoms with Gasteiger partial charge in [-0.15, -0.1) is 11.3 Å². The predicted molar refractivity (Wildman–Crippen MR) is 260 cm³/mol. The molecule has 0 unspecified atom stereocenters. The van der Waals surface area contributed by atoms with Crippen molar-refractivity contribution in [3.05, 3.63) is 218 Å². The summed E-state index contributed by atoms with van der Waals surface area (Å²) in [4.78, 5) is 15.5. The van der Waals surface area contributed by atoms with Crippen LogP contribution in [0.5, 0.6) is 0 Å². The van der Waals surface area contributed by atoms with Crippen LogP contribution in [0.2, 0.25) is 0 Å². The maximum Gasteiger partial charge on any atom is 0.164 e. The number of para-hydroxylation sites is 1. The summed E-state index contributed by atoms with van der Waals surface area (Å²) < 4.78 is 5.06. The lowest BCUT2D eigenvalue weighted by Gasteiger charge is -2.13. The standard InChI is InChI=1S/C57H36N4S/c1-4-16-37(17-5-1)43-33-44(38-18-6-2-7-19-38)35-45(34-43)57-59-55(39-20-8-3-9-21-39)58-56(60-57)42-24-14-22-40(32-42)41-23-15-25-46(36-41)61-50-28-12-10-27-49(50)53-51(61)31-30-48-47-26-11-13-29-52(47)62-54(48)53/h1-36H. The van der Waals surface area contributed by atoms with Gasteiger partial charge in [0, 0.05) is 53.3 Å². The van der Waals surface area contributed by atoms with Gasteiger partial charge in [-0.05, 0) is 88.0 Å². The van der Waals surface area contributed by atoms with Gasteiger partial charge in [0.2, 0.25) is 0 Å². The van der Waals surface area contributed by atoms with Gasteiger partial charge in [0.15, 0.2) is 17.5 Å². The van der Waals surface area contributed by atoms with Crippen molar-refractivity contribution in [1.82, 2.24) is 19.5 Å². The van der Waals surface area contributed by atoms with Crippen LogP contribution in [0, 0.1) is 0 Å². The molecule has 0 atom stereocenters. The van der Waals surface area contributed by atoms with E-state index in [-0.39, 0.29) is 0 Å². The monoisotopic (exact) mass is 808 g/mol. The summed E-state index contributed by atoms with van der Waals surface area (Å²) in [6.07, 6.45) is 0. The highest BCUT2D eigenvalue weighted by Gasteiger charge is 2.19. The number of thiophene rings is 1. The third-order valence-corrected chi connectivity index (χ3v) is 13.0. The average molecular weight is 809 g/mol. The highest BCUT2D eigenvalue weighted by Crippen LogP contribution is 2.43. The number of benzene rings is 9. The van der Waals surface area contributed by atoms with E-state index in [4.69, 9.17) is 15.0 Å². The topological polar surface area (TPSA) is 43.6 Å². The lowest BCUT2D eigenvalue weighted by Crippen LogP contribution is -2.01. The normalized spacial score (nSPS) is 11.5. The highest BCUT2D eigenvalue weighted by molar-refractivity contribution is 7.26. The van der Waals surface area contributed by atoms with E-state index in [9.17, 15) is 0 Å². The number of nitrogens with zero attached hydrogens (tertiary/aromatic N) is 4. The quantitative estimate of drug-likeness (QED) is 0.161. The Kier molecular flexibility index (Phi) is 8.65. The van der Waals surface area contributed by atoms with Crippen molar-refractivity contribution in [1.29, 1.82) is 0 Å². The molecule has 290 valence electrons. The molecule has 0 saturated heterocycles. The number of hydrogen-bond acceptors (Lipinski definition) is 4. The van der Waals surface area contributed by atoms with Gasteiger partial charge in [0.05, 0.1) is 11.0 Å². The fourth-order valence-corrected chi connectivity index (χ4v) is 10.1. The minimum absolute atomic E-state index is 0.619. The molecular formula is C57H36N4S. The van der Waals surface area contributed by atoms with Gasteiger partial charge in [-0.25, -0.2) is 15.0 Å². The summed E-state index contributed by atoms with van der Waals surface area (Å²) in [6.45, 7) is 0. The van der Waals surface area contributed by atoms with Gasteiger partial charge in [-0.1, -0.05) is 164 Å². The summed E-state index contributed by atoms with van der Waals surface area (Å²) in [6, 6.07) is 77.4. The molecule has 12 aromatic rings. The minimum atomic E-state index is 0.619. The van der Waals surface area contributed by atoms with Gasteiger partial charge in [-0.2, -0.15) is 0 Å². The van der Waals surface area contributed by atoms with Gasteiger partial charge >= 0.3 is 0 Å². The van der Waals surface area contributed by atoms with E-state index in [0.29, 0.717) is 17.5 Å². The molecule has 3 aromatic heterocycles. The Morgan fingerprint density at radius 2 is 0.806 bits per heavy atom. The molecule has 3 heterocycles. The predicted octanol–water partition coefficient (Wildman–Crippen LogP) is 15.3. The minimum Gasteiger partial charge on any atom is -0.309 e. The Hall–Kier alpha value is -7.99. The molecule has 5 heteroatoms. The number of fused-ring (bicyclic) bond motifs is 7. The first kappa shape index (κ1) is 35.9. The Labute approximate surface area is 362 Å². The summed E-state index contributed by atoms with van der Waals surface area (Å²) in [7, 11) is 0. The van der Waals surface area contributed by atoms with Crippen LogP contribution in [0.4, 0.5) is 0 Å². The van der Waals surface area contributed by atoms with Crippen molar-refractivity contribution in [2.45, 2.75) is 0 Å². The molecule has 0 aliphatic rings. The SMILES string of the molecule is c1ccc(-c2cc(-c3ccccc3)cc(-c3nc(-c4ccccc4)nc(-c4cccc(-c5cccc(-n6c7ccccc7c7c8sc9ccccc9c8ccc76)c5)c4)n3)c2)cc1. The third kappa shape index (κ3) is 6.26. The first-order valence-corrected chi connectivity index (χ1v) is 21.7. The third-order valence-electron chi connectivity index (χ3n) is 11.8. The fourth-order valence-electron chi connectivity index (χ4n) is 8.88. The Morgan fingerprint density at radius 1 is 0.306 bits per heavy atom. The molecule has 4 nitrogen and oxygen atoms in total. The maximum absolute atomic E-state index is 5.25. The van der Waals surface area contributed by atoms with E-state index in [2.05, 4.69) is 193 Å².